The van der Waals surface area contributed by atoms with Crippen LogP contribution in [-0.2, 0) is 10.2 Å². The largest absolute Gasteiger partial charge is 0.519 e. The Balaban J connectivity index is 3.60. The summed E-state index contributed by atoms with van der Waals surface area (Å²) in [5.41, 5.74) is -0.786. The molecule has 0 saturated heterocycles. The highest BCUT2D eigenvalue weighted by Crippen LogP contribution is 1.90. The highest BCUT2D eigenvalue weighted by molar-refractivity contribution is 7.82. The highest BCUT2D eigenvalue weighted by atomic mass is 32.2. The molecule has 0 spiro atoms. The SMILES string of the molecule is C=Cn1cc(C#N)c[n+](S(=O)(=O)NCC)c1=O. The molecule has 1 heterocycles. The molecule has 0 saturated carbocycles. The van der Waals surface area contributed by atoms with Crippen LogP contribution in [0.3, 0.4) is 0 Å². The van der Waals surface area contributed by atoms with Gasteiger partial charge in [0, 0.05) is 6.54 Å². The van der Waals surface area contributed by atoms with E-state index in [0.29, 0.717) is 3.97 Å². The lowest BCUT2D eigenvalue weighted by Crippen LogP contribution is -2.62. The van der Waals surface area contributed by atoms with Gasteiger partial charge in [0.1, 0.15) is 24.0 Å². The number of nitriles is 1. The molecular weight excluding hydrogens is 244 g/mol. The van der Waals surface area contributed by atoms with Crippen molar-refractivity contribution < 1.29 is 12.4 Å². The average molecular weight is 255 g/mol. The summed E-state index contributed by atoms with van der Waals surface area (Å²) in [6, 6.07) is 1.76. The molecule has 1 N–H and O–H groups in total. The van der Waals surface area contributed by atoms with Crippen molar-refractivity contribution in [2.45, 2.75) is 6.92 Å². The van der Waals surface area contributed by atoms with E-state index in [1.54, 1.807) is 13.0 Å². The minimum absolute atomic E-state index is 0.0333. The van der Waals surface area contributed by atoms with Crippen LogP contribution in [0.5, 0.6) is 0 Å². The van der Waals surface area contributed by atoms with Crippen molar-refractivity contribution in [1.82, 2.24) is 9.29 Å². The first-order valence-corrected chi connectivity index (χ1v) is 6.11. The Morgan fingerprint density at radius 2 is 2.35 bits per heavy atom. The molecule has 0 aromatic carbocycles. The molecule has 0 unspecified atom stereocenters. The van der Waals surface area contributed by atoms with Crippen molar-refractivity contribution in [3.63, 3.8) is 0 Å². The molecule has 0 radical (unpaired) electrons. The van der Waals surface area contributed by atoms with Gasteiger partial charge in [-0.2, -0.15) is 27.8 Å². The lowest BCUT2D eigenvalue weighted by Gasteiger charge is -2.01. The van der Waals surface area contributed by atoms with E-state index in [0.717, 1.165) is 17.0 Å². The van der Waals surface area contributed by atoms with E-state index in [2.05, 4.69) is 11.3 Å². The molecule has 1 aromatic rings. The molecule has 0 amide bonds. The number of hydrogen-bond acceptors (Lipinski definition) is 4. The van der Waals surface area contributed by atoms with Gasteiger partial charge in [-0.15, -0.1) is 0 Å². The predicted octanol–water partition coefficient (Wildman–Crippen LogP) is -1.19. The molecule has 0 aliphatic carbocycles. The molecule has 90 valence electrons. The van der Waals surface area contributed by atoms with Crippen molar-refractivity contribution in [2.24, 2.45) is 0 Å². The van der Waals surface area contributed by atoms with E-state index >= 15 is 0 Å². The van der Waals surface area contributed by atoms with Gasteiger partial charge in [-0.3, -0.25) is 0 Å². The second kappa shape index (κ2) is 4.90. The maximum atomic E-state index is 11.7. The summed E-state index contributed by atoms with van der Waals surface area (Å²) in [7, 11) is -3.97. The molecule has 1 rings (SSSR count). The average Bonchev–Trinajstić information content (AvgIpc) is 2.29. The zero-order valence-electron chi connectivity index (χ0n) is 9.12. The maximum Gasteiger partial charge on any atom is 0.519 e. The summed E-state index contributed by atoms with van der Waals surface area (Å²) >= 11 is 0. The summed E-state index contributed by atoms with van der Waals surface area (Å²) in [6.45, 7) is 5.08. The van der Waals surface area contributed by atoms with E-state index < -0.39 is 15.9 Å². The number of rotatable bonds is 4. The maximum absolute atomic E-state index is 11.7. The van der Waals surface area contributed by atoms with Crippen LogP contribution in [0.1, 0.15) is 12.5 Å². The third kappa shape index (κ3) is 2.58. The fourth-order valence-corrected chi connectivity index (χ4v) is 2.20. The van der Waals surface area contributed by atoms with Crippen LogP contribution < -0.4 is 14.4 Å². The van der Waals surface area contributed by atoms with Gasteiger partial charge < -0.3 is 0 Å². The van der Waals surface area contributed by atoms with Crippen LogP contribution in [0.15, 0.2) is 23.8 Å². The Hall–Kier alpha value is -1.98. The quantitative estimate of drug-likeness (QED) is 0.684. The second-order valence-corrected chi connectivity index (χ2v) is 4.63. The minimum Gasteiger partial charge on any atom is -0.195 e. The van der Waals surface area contributed by atoms with Crippen molar-refractivity contribution in [2.75, 3.05) is 6.54 Å². The standard InChI is InChI=1S/C9H11N4O3S/c1-3-11-17(15,16)13-7-8(5-10)6-12(4-2)9(13)14/h4,6-7,11H,2-3H2,1H3/q+1. The van der Waals surface area contributed by atoms with Gasteiger partial charge in [0.15, 0.2) is 0 Å². The van der Waals surface area contributed by atoms with Crippen molar-refractivity contribution in [1.29, 1.82) is 5.26 Å². The fraction of sp³-hybridized carbons (Fsp3) is 0.222. The van der Waals surface area contributed by atoms with Crippen LogP contribution in [0, 0.1) is 11.3 Å². The molecule has 8 heteroatoms. The van der Waals surface area contributed by atoms with E-state index in [1.807, 2.05) is 0 Å². The summed E-state index contributed by atoms with van der Waals surface area (Å²) in [6.07, 6.45) is 3.29. The number of nitrogens with one attached hydrogen (secondary N) is 1. The molecule has 0 bridgehead atoms. The van der Waals surface area contributed by atoms with Gasteiger partial charge in [0.2, 0.25) is 0 Å². The second-order valence-electron chi connectivity index (χ2n) is 3.00. The Labute approximate surface area is 98.4 Å². The van der Waals surface area contributed by atoms with E-state index in [1.165, 1.54) is 6.20 Å². The molecule has 0 aliphatic heterocycles. The van der Waals surface area contributed by atoms with E-state index in [4.69, 9.17) is 5.26 Å². The predicted molar refractivity (Wildman–Crippen MR) is 60.0 cm³/mol. The number of hydrogen-bond donors (Lipinski definition) is 1. The Morgan fingerprint density at radius 3 is 2.82 bits per heavy atom. The Morgan fingerprint density at radius 1 is 1.71 bits per heavy atom. The summed E-state index contributed by atoms with van der Waals surface area (Å²) in [4.78, 5) is 11.7. The summed E-state index contributed by atoms with van der Waals surface area (Å²) in [5, 5.41) is 8.74. The number of aromatic nitrogens is 2. The smallest absolute Gasteiger partial charge is 0.195 e. The zero-order chi connectivity index (χ0) is 13.1. The third-order valence-corrected chi connectivity index (χ3v) is 3.29. The normalized spacial score (nSPS) is 10.8. The molecule has 7 nitrogen and oxygen atoms in total. The van der Waals surface area contributed by atoms with E-state index in [9.17, 15) is 13.2 Å². The molecule has 1 aromatic heterocycles. The summed E-state index contributed by atoms with van der Waals surface area (Å²) < 4.78 is 26.9. The lowest BCUT2D eigenvalue weighted by molar-refractivity contribution is -0.535. The van der Waals surface area contributed by atoms with Gasteiger partial charge in [0.25, 0.3) is 0 Å². The zero-order valence-corrected chi connectivity index (χ0v) is 9.94. The molecule has 0 atom stereocenters. The molecule has 0 fully saturated rings. The van der Waals surface area contributed by atoms with Gasteiger partial charge in [-0.05, 0) is 0 Å². The van der Waals surface area contributed by atoms with Gasteiger partial charge in [-0.1, -0.05) is 17.5 Å². The first-order chi connectivity index (χ1) is 7.96. The van der Waals surface area contributed by atoms with Crippen LogP contribution in [-0.4, -0.2) is 19.5 Å². The first-order valence-electron chi connectivity index (χ1n) is 4.67. The molecular formula is C9H11N4O3S+. The van der Waals surface area contributed by atoms with Crippen LogP contribution in [0.2, 0.25) is 0 Å². The molecule has 0 aliphatic rings. The van der Waals surface area contributed by atoms with Crippen LogP contribution >= 0.6 is 0 Å². The number of nitrogens with zero attached hydrogens (tertiary/aromatic N) is 3. The van der Waals surface area contributed by atoms with Crippen LogP contribution in [0.4, 0.5) is 0 Å². The van der Waals surface area contributed by atoms with E-state index in [-0.39, 0.29) is 12.1 Å². The van der Waals surface area contributed by atoms with Crippen molar-refractivity contribution in [3.05, 3.63) is 35.0 Å². The van der Waals surface area contributed by atoms with Crippen molar-refractivity contribution >= 4 is 16.4 Å². The Bertz CT molecular complexity index is 639. The molecule has 17 heavy (non-hydrogen) atoms. The monoisotopic (exact) mass is 255 g/mol. The third-order valence-electron chi connectivity index (χ3n) is 1.86. The lowest BCUT2D eigenvalue weighted by atomic mass is 10.4. The van der Waals surface area contributed by atoms with Crippen molar-refractivity contribution in [3.8, 4) is 6.07 Å². The fourth-order valence-electron chi connectivity index (χ4n) is 1.15. The minimum atomic E-state index is -3.97. The summed E-state index contributed by atoms with van der Waals surface area (Å²) in [5.74, 6) is 0. The highest BCUT2D eigenvalue weighted by Gasteiger charge is 2.24. The van der Waals surface area contributed by atoms with Gasteiger partial charge in [0.05, 0.1) is 6.20 Å². The topological polar surface area (TPSA) is 95.8 Å². The first kappa shape index (κ1) is 13.1. The van der Waals surface area contributed by atoms with Gasteiger partial charge >= 0.3 is 15.9 Å². The van der Waals surface area contributed by atoms with Gasteiger partial charge in [-0.25, -0.2) is 0 Å². The van der Waals surface area contributed by atoms with Crippen LogP contribution in [0.25, 0.3) is 6.20 Å². The Kier molecular flexibility index (Phi) is 3.77.